The molecule has 240 valence electrons. The predicted molar refractivity (Wildman–Crippen MR) is 218 cm³/mol. The normalized spacial score (nSPS) is 13.1. The van der Waals surface area contributed by atoms with Gasteiger partial charge in [0, 0.05) is 5.41 Å². The van der Waals surface area contributed by atoms with Crippen molar-refractivity contribution in [3.05, 3.63) is 193 Å². The van der Waals surface area contributed by atoms with Gasteiger partial charge >= 0.3 is 0 Å². The molecule has 0 heteroatoms. The van der Waals surface area contributed by atoms with E-state index in [0.29, 0.717) is 0 Å². The minimum absolute atomic E-state index is 0.0365. The van der Waals surface area contributed by atoms with Crippen molar-refractivity contribution in [2.75, 3.05) is 0 Å². The van der Waals surface area contributed by atoms with Crippen molar-refractivity contribution in [3.63, 3.8) is 0 Å². The van der Waals surface area contributed by atoms with Gasteiger partial charge in [-0.05, 0) is 111 Å². The van der Waals surface area contributed by atoms with Crippen molar-refractivity contribution in [2.24, 2.45) is 0 Å². The zero-order valence-corrected chi connectivity index (χ0v) is 28.8. The topological polar surface area (TPSA) is 0 Å². The number of hydrogen-bond acceptors (Lipinski definition) is 0. The van der Waals surface area contributed by atoms with Gasteiger partial charge in [0.2, 0.25) is 0 Å². The molecule has 0 unspecified atom stereocenters. The quantitative estimate of drug-likeness (QED) is 0.167. The third-order valence-electron chi connectivity index (χ3n) is 11.3. The summed E-state index contributed by atoms with van der Waals surface area (Å²) in [6, 6.07) is 67.4. The Balaban J connectivity index is 1.18. The van der Waals surface area contributed by atoms with Gasteiger partial charge in [0.25, 0.3) is 0 Å². The van der Waals surface area contributed by atoms with Crippen molar-refractivity contribution in [3.8, 4) is 55.6 Å². The standard InChI is InChI=1S/C51H36/c1-51(2)47-26-13-12-21-40(47)41-28-27-35(32-48(41)51)34-17-14-18-36(31-34)49-42-22-8-10-24-44(42)50(45-25-11-9-23-43(45)49)46-30-29-37(33-15-4-3-5-16-33)38-19-6-7-20-39(38)46/h3-32H,1-2H3. The van der Waals surface area contributed by atoms with E-state index in [1.54, 1.807) is 0 Å². The lowest BCUT2D eigenvalue weighted by atomic mass is 9.81. The van der Waals surface area contributed by atoms with E-state index >= 15 is 0 Å². The van der Waals surface area contributed by atoms with Gasteiger partial charge in [-0.3, -0.25) is 0 Å². The molecule has 0 N–H and O–H groups in total. The van der Waals surface area contributed by atoms with Crippen molar-refractivity contribution in [2.45, 2.75) is 19.3 Å². The molecule has 0 fully saturated rings. The van der Waals surface area contributed by atoms with E-state index in [1.807, 2.05) is 0 Å². The zero-order valence-electron chi connectivity index (χ0n) is 28.8. The van der Waals surface area contributed by atoms with E-state index in [1.165, 1.54) is 99.1 Å². The highest BCUT2D eigenvalue weighted by molar-refractivity contribution is 6.24. The van der Waals surface area contributed by atoms with Crippen LogP contribution in [-0.4, -0.2) is 0 Å². The van der Waals surface area contributed by atoms with E-state index in [-0.39, 0.29) is 5.41 Å². The molecule has 0 heterocycles. The molecule has 0 atom stereocenters. The number of benzene rings is 9. The average molecular weight is 649 g/mol. The summed E-state index contributed by atoms with van der Waals surface area (Å²) in [4.78, 5) is 0. The fourth-order valence-corrected chi connectivity index (χ4v) is 8.85. The minimum Gasteiger partial charge on any atom is -0.0622 e. The van der Waals surface area contributed by atoms with Crippen molar-refractivity contribution >= 4 is 32.3 Å². The van der Waals surface area contributed by atoms with Crippen LogP contribution in [0.1, 0.15) is 25.0 Å². The van der Waals surface area contributed by atoms with Gasteiger partial charge in [-0.25, -0.2) is 0 Å². The zero-order chi connectivity index (χ0) is 34.1. The van der Waals surface area contributed by atoms with Crippen LogP contribution in [0.4, 0.5) is 0 Å². The van der Waals surface area contributed by atoms with Crippen LogP contribution < -0.4 is 0 Å². The Labute approximate surface area is 299 Å². The van der Waals surface area contributed by atoms with Gasteiger partial charge in [0.1, 0.15) is 0 Å². The largest absolute Gasteiger partial charge is 0.0622 e. The maximum Gasteiger partial charge on any atom is 0.0159 e. The first-order valence-electron chi connectivity index (χ1n) is 17.9. The highest BCUT2D eigenvalue weighted by Crippen LogP contribution is 2.50. The van der Waals surface area contributed by atoms with Crippen molar-refractivity contribution in [1.29, 1.82) is 0 Å². The first kappa shape index (κ1) is 29.7. The summed E-state index contributed by atoms with van der Waals surface area (Å²) >= 11 is 0. The Hall–Kier alpha value is -6.24. The second kappa shape index (κ2) is 11.4. The smallest absolute Gasteiger partial charge is 0.0159 e. The van der Waals surface area contributed by atoms with Gasteiger partial charge in [0.05, 0.1) is 0 Å². The van der Waals surface area contributed by atoms with Crippen LogP contribution in [0.15, 0.2) is 182 Å². The van der Waals surface area contributed by atoms with Crippen LogP contribution in [0.25, 0.3) is 88.0 Å². The average Bonchev–Trinajstić information content (AvgIpc) is 3.42. The molecule has 0 amide bonds. The third-order valence-corrected chi connectivity index (χ3v) is 11.3. The molecule has 0 radical (unpaired) electrons. The fourth-order valence-electron chi connectivity index (χ4n) is 8.85. The van der Waals surface area contributed by atoms with Crippen LogP contribution in [0.5, 0.6) is 0 Å². The third kappa shape index (κ3) is 4.53. The molecule has 0 nitrogen and oxygen atoms in total. The number of fused-ring (bicyclic) bond motifs is 6. The van der Waals surface area contributed by atoms with E-state index in [0.717, 1.165) is 0 Å². The Kier molecular flexibility index (Phi) is 6.63. The lowest BCUT2D eigenvalue weighted by Gasteiger charge is -2.22. The second-order valence-electron chi connectivity index (χ2n) is 14.4. The van der Waals surface area contributed by atoms with E-state index < -0.39 is 0 Å². The second-order valence-corrected chi connectivity index (χ2v) is 14.4. The molecular formula is C51H36. The predicted octanol–water partition coefficient (Wildman–Crippen LogP) is 14.1. The molecule has 0 bridgehead atoms. The van der Waals surface area contributed by atoms with Crippen molar-refractivity contribution in [1.82, 2.24) is 0 Å². The SMILES string of the molecule is CC1(C)c2ccccc2-c2ccc(-c3cccc(-c4c5ccccc5c(-c5ccc(-c6ccccc6)c6ccccc56)c5ccccc45)c3)cc21. The first-order valence-corrected chi connectivity index (χ1v) is 17.9. The Morgan fingerprint density at radius 1 is 0.275 bits per heavy atom. The monoisotopic (exact) mass is 648 g/mol. The molecule has 0 aliphatic heterocycles. The fraction of sp³-hybridized carbons (Fsp3) is 0.0588. The molecular weight excluding hydrogens is 613 g/mol. The number of hydrogen-bond donors (Lipinski definition) is 0. The van der Waals surface area contributed by atoms with E-state index in [2.05, 4.69) is 196 Å². The van der Waals surface area contributed by atoms with Gasteiger partial charge in [-0.2, -0.15) is 0 Å². The molecule has 9 aromatic carbocycles. The first-order chi connectivity index (χ1) is 25.1. The summed E-state index contributed by atoms with van der Waals surface area (Å²) in [5.41, 5.74) is 15.5. The molecule has 0 spiro atoms. The summed E-state index contributed by atoms with van der Waals surface area (Å²) < 4.78 is 0. The Morgan fingerprint density at radius 2 is 0.745 bits per heavy atom. The van der Waals surface area contributed by atoms with Gasteiger partial charge in [0.15, 0.2) is 0 Å². The highest BCUT2D eigenvalue weighted by atomic mass is 14.4. The van der Waals surface area contributed by atoms with E-state index in [4.69, 9.17) is 0 Å². The summed E-state index contributed by atoms with van der Waals surface area (Å²) in [5.74, 6) is 0. The van der Waals surface area contributed by atoms with Gasteiger partial charge < -0.3 is 0 Å². The van der Waals surface area contributed by atoms with Crippen molar-refractivity contribution < 1.29 is 0 Å². The summed E-state index contributed by atoms with van der Waals surface area (Å²) in [5, 5.41) is 7.62. The van der Waals surface area contributed by atoms with Crippen LogP contribution >= 0.6 is 0 Å². The highest BCUT2D eigenvalue weighted by Gasteiger charge is 2.35. The summed E-state index contributed by atoms with van der Waals surface area (Å²) in [6.45, 7) is 4.71. The molecule has 0 saturated heterocycles. The summed E-state index contributed by atoms with van der Waals surface area (Å²) in [7, 11) is 0. The Morgan fingerprint density at radius 3 is 1.45 bits per heavy atom. The van der Waals surface area contributed by atoms with Crippen LogP contribution in [0.2, 0.25) is 0 Å². The van der Waals surface area contributed by atoms with Crippen LogP contribution in [-0.2, 0) is 5.41 Å². The Bertz CT molecular complexity index is 2760. The minimum atomic E-state index is -0.0365. The molecule has 9 aromatic rings. The maximum atomic E-state index is 2.43. The molecule has 0 saturated carbocycles. The van der Waals surface area contributed by atoms with E-state index in [9.17, 15) is 0 Å². The molecule has 1 aliphatic carbocycles. The molecule has 0 aromatic heterocycles. The lowest BCUT2D eigenvalue weighted by molar-refractivity contribution is 0.660. The molecule has 51 heavy (non-hydrogen) atoms. The molecule has 10 rings (SSSR count). The maximum absolute atomic E-state index is 2.43. The van der Waals surface area contributed by atoms with Crippen LogP contribution in [0, 0.1) is 0 Å². The lowest BCUT2D eigenvalue weighted by Crippen LogP contribution is -2.14. The molecule has 1 aliphatic rings. The number of rotatable bonds is 4. The summed E-state index contributed by atoms with van der Waals surface area (Å²) in [6.07, 6.45) is 0. The van der Waals surface area contributed by atoms with Gasteiger partial charge in [-0.15, -0.1) is 0 Å². The van der Waals surface area contributed by atoms with Gasteiger partial charge in [-0.1, -0.05) is 184 Å². The van der Waals surface area contributed by atoms with Crippen LogP contribution in [0.3, 0.4) is 0 Å².